The highest BCUT2D eigenvalue weighted by Crippen LogP contribution is 2.30. The lowest BCUT2D eigenvalue weighted by Crippen LogP contribution is -2.48. The Labute approximate surface area is 170 Å². The van der Waals surface area contributed by atoms with Crippen molar-refractivity contribution in [2.75, 3.05) is 26.2 Å². The predicted molar refractivity (Wildman–Crippen MR) is 102 cm³/mol. The molecule has 0 aliphatic carbocycles. The van der Waals surface area contributed by atoms with Gasteiger partial charge in [-0.1, -0.05) is 23.4 Å². The van der Waals surface area contributed by atoms with Crippen LogP contribution in [-0.4, -0.2) is 52.0 Å². The molecule has 0 saturated carbocycles. The zero-order chi connectivity index (χ0) is 21.1. The van der Waals surface area contributed by atoms with Gasteiger partial charge in [-0.15, -0.1) is 0 Å². The summed E-state index contributed by atoms with van der Waals surface area (Å²) in [5.41, 5.74) is 0.962. The highest BCUT2D eigenvalue weighted by molar-refractivity contribution is 5.93. The van der Waals surface area contributed by atoms with Gasteiger partial charge in [0.05, 0.1) is 5.56 Å². The van der Waals surface area contributed by atoms with Crippen LogP contribution in [0.25, 0.3) is 11.3 Å². The van der Waals surface area contributed by atoms with E-state index >= 15 is 0 Å². The van der Waals surface area contributed by atoms with E-state index in [1.54, 1.807) is 41.6 Å². The fourth-order valence-electron chi connectivity index (χ4n) is 3.40. The van der Waals surface area contributed by atoms with Gasteiger partial charge in [-0.3, -0.25) is 14.7 Å². The first-order valence-electron chi connectivity index (χ1n) is 9.45. The molecule has 3 heterocycles. The van der Waals surface area contributed by atoms with E-state index < -0.39 is 11.7 Å². The molecule has 0 radical (unpaired) electrons. The molecule has 1 amide bonds. The number of rotatable bonds is 4. The fourth-order valence-corrected chi connectivity index (χ4v) is 3.40. The van der Waals surface area contributed by atoms with Gasteiger partial charge >= 0.3 is 6.18 Å². The number of benzene rings is 1. The van der Waals surface area contributed by atoms with E-state index in [-0.39, 0.29) is 11.6 Å². The minimum Gasteiger partial charge on any atom is -0.355 e. The van der Waals surface area contributed by atoms with E-state index in [0.29, 0.717) is 44.0 Å². The minimum atomic E-state index is -4.35. The highest BCUT2D eigenvalue weighted by Gasteiger charge is 2.31. The van der Waals surface area contributed by atoms with Crippen LogP contribution in [0.4, 0.5) is 13.2 Å². The lowest BCUT2D eigenvalue weighted by atomic mass is 10.1. The van der Waals surface area contributed by atoms with Crippen molar-refractivity contribution in [2.45, 2.75) is 12.7 Å². The third kappa shape index (κ3) is 4.51. The van der Waals surface area contributed by atoms with Crippen LogP contribution in [0.1, 0.15) is 21.6 Å². The van der Waals surface area contributed by atoms with Gasteiger partial charge in [-0.05, 0) is 23.8 Å². The molecule has 0 unspecified atom stereocenters. The number of nitrogens with zero attached hydrogens (tertiary/aromatic N) is 4. The summed E-state index contributed by atoms with van der Waals surface area (Å²) in [5, 5.41) is 3.88. The first-order valence-corrected chi connectivity index (χ1v) is 9.45. The van der Waals surface area contributed by atoms with Crippen molar-refractivity contribution in [3.8, 4) is 11.3 Å². The molecular formula is C21H19F3N4O2. The number of hydrogen-bond acceptors (Lipinski definition) is 5. The monoisotopic (exact) mass is 416 g/mol. The average molecular weight is 416 g/mol. The number of alkyl halides is 3. The molecule has 3 aromatic rings. The molecule has 0 N–H and O–H groups in total. The van der Waals surface area contributed by atoms with Crippen LogP contribution in [0.2, 0.25) is 0 Å². The largest absolute Gasteiger partial charge is 0.416 e. The van der Waals surface area contributed by atoms with Crippen molar-refractivity contribution >= 4 is 5.91 Å². The maximum atomic E-state index is 12.9. The fraction of sp³-hybridized carbons (Fsp3) is 0.286. The number of hydrogen-bond donors (Lipinski definition) is 0. The number of carbonyl (C=O) groups excluding carboxylic acids is 1. The van der Waals surface area contributed by atoms with Crippen LogP contribution in [0.5, 0.6) is 0 Å². The van der Waals surface area contributed by atoms with Crippen LogP contribution >= 0.6 is 0 Å². The van der Waals surface area contributed by atoms with Crippen molar-refractivity contribution < 1.29 is 22.5 Å². The topological polar surface area (TPSA) is 62.5 Å². The summed E-state index contributed by atoms with van der Waals surface area (Å²) in [6, 6.07) is 10.5. The SMILES string of the molecule is O=C(c1cc(-c2ccncc2)on1)N1CCN(Cc2cccc(C(F)(F)F)c2)CC1. The second-order valence-corrected chi connectivity index (χ2v) is 7.08. The Hall–Kier alpha value is -3.20. The highest BCUT2D eigenvalue weighted by atomic mass is 19.4. The molecule has 1 saturated heterocycles. The lowest BCUT2D eigenvalue weighted by Gasteiger charge is -2.34. The average Bonchev–Trinajstić information content (AvgIpc) is 3.24. The predicted octanol–water partition coefficient (Wildman–Crippen LogP) is 3.71. The molecule has 1 aromatic carbocycles. The van der Waals surface area contributed by atoms with E-state index in [1.165, 1.54) is 12.1 Å². The maximum absolute atomic E-state index is 12.9. The third-order valence-corrected chi connectivity index (χ3v) is 5.01. The molecule has 4 rings (SSSR count). The summed E-state index contributed by atoms with van der Waals surface area (Å²) in [7, 11) is 0. The molecule has 2 aromatic heterocycles. The Morgan fingerprint density at radius 1 is 1.03 bits per heavy atom. The van der Waals surface area contributed by atoms with Crippen molar-refractivity contribution in [1.29, 1.82) is 0 Å². The number of amides is 1. The van der Waals surface area contributed by atoms with Crippen LogP contribution in [0, 0.1) is 0 Å². The maximum Gasteiger partial charge on any atom is 0.416 e. The first kappa shape index (κ1) is 20.1. The van der Waals surface area contributed by atoms with Crippen LogP contribution in [-0.2, 0) is 12.7 Å². The van der Waals surface area contributed by atoms with Crippen molar-refractivity contribution in [2.24, 2.45) is 0 Å². The molecule has 1 aliphatic rings. The van der Waals surface area contributed by atoms with E-state index in [2.05, 4.69) is 10.1 Å². The van der Waals surface area contributed by atoms with Crippen LogP contribution in [0.3, 0.4) is 0 Å². The molecule has 0 spiro atoms. The van der Waals surface area contributed by atoms with Gasteiger partial charge in [0.1, 0.15) is 0 Å². The molecule has 30 heavy (non-hydrogen) atoms. The Morgan fingerprint density at radius 2 is 1.77 bits per heavy atom. The molecule has 6 nitrogen and oxygen atoms in total. The summed E-state index contributed by atoms with van der Waals surface area (Å²) >= 11 is 0. The van der Waals surface area contributed by atoms with Gasteiger partial charge in [-0.2, -0.15) is 13.2 Å². The lowest BCUT2D eigenvalue weighted by molar-refractivity contribution is -0.137. The van der Waals surface area contributed by atoms with E-state index in [1.807, 2.05) is 4.90 Å². The molecule has 1 aliphatic heterocycles. The van der Waals surface area contributed by atoms with E-state index in [0.717, 1.165) is 11.6 Å². The van der Waals surface area contributed by atoms with Gasteiger partial charge in [0.25, 0.3) is 5.91 Å². The number of carbonyl (C=O) groups is 1. The van der Waals surface area contributed by atoms with Gasteiger partial charge in [0.15, 0.2) is 11.5 Å². The van der Waals surface area contributed by atoms with Gasteiger partial charge in [0.2, 0.25) is 0 Å². The van der Waals surface area contributed by atoms with E-state index in [4.69, 9.17) is 4.52 Å². The summed E-state index contributed by atoms with van der Waals surface area (Å²) in [5.74, 6) is 0.265. The Bertz CT molecular complexity index is 1010. The quantitative estimate of drug-likeness (QED) is 0.649. The third-order valence-electron chi connectivity index (χ3n) is 5.01. The molecule has 156 valence electrons. The normalized spacial score (nSPS) is 15.4. The van der Waals surface area contributed by atoms with Crippen molar-refractivity contribution in [3.63, 3.8) is 0 Å². The van der Waals surface area contributed by atoms with Crippen LogP contribution in [0.15, 0.2) is 59.4 Å². The zero-order valence-electron chi connectivity index (χ0n) is 16.0. The molecular weight excluding hydrogens is 397 g/mol. The van der Waals surface area contributed by atoms with Crippen molar-refractivity contribution in [3.05, 3.63) is 71.7 Å². The molecule has 9 heteroatoms. The van der Waals surface area contributed by atoms with E-state index in [9.17, 15) is 18.0 Å². The smallest absolute Gasteiger partial charge is 0.355 e. The summed E-state index contributed by atoms with van der Waals surface area (Å²) in [6.07, 6.45) is -1.10. The van der Waals surface area contributed by atoms with Gasteiger partial charge in [0, 0.05) is 56.7 Å². The molecule has 1 fully saturated rings. The summed E-state index contributed by atoms with van der Waals surface area (Å²) in [4.78, 5) is 20.4. The minimum absolute atomic E-state index is 0.224. The van der Waals surface area contributed by atoms with Crippen molar-refractivity contribution in [1.82, 2.24) is 19.9 Å². The number of aromatic nitrogens is 2. The van der Waals surface area contributed by atoms with Gasteiger partial charge in [-0.25, -0.2) is 0 Å². The number of pyridine rings is 1. The second-order valence-electron chi connectivity index (χ2n) is 7.08. The molecule has 0 bridgehead atoms. The second kappa shape index (κ2) is 8.27. The Morgan fingerprint density at radius 3 is 2.47 bits per heavy atom. The standard InChI is InChI=1S/C21H19F3N4O2/c22-21(23,24)17-3-1-2-15(12-17)14-27-8-10-28(11-9-27)20(29)18-13-19(30-26-18)16-4-6-25-7-5-16/h1-7,12-13H,8-11,14H2. The Kier molecular flexibility index (Phi) is 5.54. The van der Waals surface area contributed by atoms with Crippen LogP contribution < -0.4 is 0 Å². The summed E-state index contributed by atoms with van der Waals surface area (Å²) < 4.78 is 43.9. The number of halogens is 3. The Balaban J connectivity index is 1.35. The number of piperazine rings is 1. The zero-order valence-corrected chi connectivity index (χ0v) is 16.0. The molecule has 0 atom stereocenters. The first-order chi connectivity index (χ1) is 14.4. The summed E-state index contributed by atoms with van der Waals surface area (Å²) in [6.45, 7) is 2.47. The van der Waals surface area contributed by atoms with Gasteiger partial charge < -0.3 is 9.42 Å².